The Morgan fingerprint density at radius 1 is 1.40 bits per heavy atom. The molecule has 1 N–H and O–H groups in total. The highest BCUT2D eigenvalue weighted by molar-refractivity contribution is 6.32. The van der Waals surface area contributed by atoms with E-state index in [0.717, 1.165) is 12.2 Å². The van der Waals surface area contributed by atoms with E-state index < -0.39 is 4.92 Å². The Labute approximate surface area is 121 Å². The third-order valence-electron chi connectivity index (χ3n) is 3.15. The quantitative estimate of drug-likeness (QED) is 0.663. The maximum atomic E-state index is 10.9. The molecule has 0 aliphatic heterocycles. The van der Waals surface area contributed by atoms with Crippen LogP contribution in [-0.2, 0) is 0 Å². The molecule has 0 saturated heterocycles. The molecule has 0 aliphatic carbocycles. The first-order chi connectivity index (χ1) is 9.56. The van der Waals surface area contributed by atoms with Crippen LogP contribution in [-0.4, -0.2) is 12.0 Å². The lowest BCUT2D eigenvalue weighted by Gasteiger charge is -2.09. The summed E-state index contributed by atoms with van der Waals surface area (Å²) in [5.41, 5.74) is 0.515. The summed E-state index contributed by atoms with van der Waals surface area (Å²) in [4.78, 5) is 10.4. The molecule has 1 atom stereocenters. The normalized spacial score (nSPS) is 12.3. The van der Waals surface area contributed by atoms with Crippen LogP contribution in [0.5, 0.6) is 0 Å². The van der Waals surface area contributed by atoms with Crippen LogP contribution in [0.25, 0.3) is 11.3 Å². The van der Waals surface area contributed by atoms with Crippen molar-refractivity contribution in [3.63, 3.8) is 0 Å². The number of hydrogen-bond acceptors (Lipinski definition) is 4. The monoisotopic (exact) mass is 294 g/mol. The largest absolute Gasteiger partial charge is 0.459 e. The van der Waals surface area contributed by atoms with E-state index in [0.29, 0.717) is 11.3 Å². The number of nitro groups is 1. The van der Waals surface area contributed by atoms with Gasteiger partial charge in [0.15, 0.2) is 0 Å². The van der Waals surface area contributed by atoms with Gasteiger partial charge in [0.05, 0.1) is 11.0 Å². The summed E-state index contributed by atoms with van der Waals surface area (Å²) in [6.45, 7) is 2.05. The number of rotatable bonds is 5. The number of hydrogen-bond donors (Lipinski definition) is 1. The van der Waals surface area contributed by atoms with Crippen LogP contribution in [0.2, 0.25) is 5.02 Å². The van der Waals surface area contributed by atoms with Crippen molar-refractivity contribution in [2.24, 2.45) is 0 Å². The maximum Gasteiger partial charge on any atom is 0.288 e. The molecular formula is C14H15ClN2O3. The summed E-state index contributed by atoms with van der Waals surface area (Å²) in [6.07, 6.45) is 0.893. The Bertz CT molecular complexity index is 621. The molecule has 1 aromatic heterocycles. The van der Waals surface area contributed by atoms with Gasteiger partial charge in [-0.1, -0.05) is 18.5 Å². The standard InChI is InChI=1S/C14H15ClN2O3/c1-3-11(16-2)14-7-6-13(20-14)9-4-5-10(15)12(8-9)17(18)19/h4-8,11,16H,3H2,1-2H3. The van der Waals surface area contributed by atoms with Gasteiger partial charge in [-0.25, -0.2) is 0 Å². The number of nitrogens with zero attached hydrogens (tertiary/aromatic N) is 1. The van der Waals surface area contributed by atoms with Crippen molar-refractivity contribution in [3.8, 4) is 11.3 Å². The van der Waals surface area contributed by atoms with Crippen LogP contribution in [0.4, 0.5) is 5.69 Å². The molecule has 0 spiro atoms. The van der Waals surface area contributed by atoms with Crippen molar-refractivity contribution in [2.45, 2.75) is 19.4 Å². The minimum Gasteiger partial charge on any atom is -0.459 e. The van der Waals surface area contributed by atoms with Crippen LogP contribution < -0.4 is 5.32 Å². The first-order valence-corrected chi connectivity index (χ1v) is 6.66. The first-order valence-electron chi connectivity index (χ1n) is 6.28. The van der Waals surface area contributed by atoms with Crippen molar-refractivity contribution in [3.05, 3.63) is 51.2 Å². The number of nitro benzene ring substituents is 1. The van der Waals surface area contributed by atoms with Gasteiger partial charge >= 0.3 is 0 Å². The Morgan fingerprint density at radius 3 is 2.75 bits per heavy atom. The smallest absolute Gasteiger partial charge is 0.288 e. The summed E-state index contributed by atoms with van der Waals surface area (Å²) in [6, 6.07) is 8.45. The fourth-order valence-electron chi connectivity index (χ4n) is 2.05. The van der Waals surface area contributed by atoms with Gasteiger partial charge in [-0.15, -0.1) is 0 Å². The van der Waals surface area contributed by atoms with Crippen LogP contribution in [0.3, 0.4) is 0 Å². The van der Waals surface area contributed by atoms with Gasteiger partial charge in [0, 0.05) is 11.6 Å². The number of halogens is 1. The molecular weight excluding hydrogens is 280 g/mol. The minimum absolute atomic E-state index is 0.118. The molecule has 0 bridgehead atoms. The van der Waals surface area contributed by atoms with E-state index in [4.69, 9.17) is 16.0 Å². The molecule has 2 rings (SSSR count). The minimum atomic E-state index is -0.502. The molecule has 0 fully saturated rings. The predicted octanol–water partition coefficient (Wildman–Crippen LogP) is 4.18. The van der Waals surface area contributed by atoms with Gasteiger partial charge in [-0.3, -0.25) is 10.1 Å². The highest BCUT2D eigenvalue weighted by Gasteiger charge is 2.17. The van der Waals surface area contributed by atoms with Gasteiger partial charge in [0.1, 0.15) is 16.5 Å². The van der Waals surface area contributed by atoms with Crippen molar-refractivity contribution < 1.29 is 9.34 Å². The molecule has 6 heteroatoms. The Morgan fingerprint density at radius 2 is 2.15 bits per heavy atom. The second kappa shape index (κ2) is 6.07. The zero-order valence-corrected chi connectivity index (χ0v) is 12.0. The number of nitrogens with one attached hydrogen (secondary N) is 1. The average molecular weight is 295 g/mol. The van der Waals surface area contributed by atoms with E-state index in [1.165, 1.54) is 12.1 Å². The Balaban J connectivity index is 2.37. The molecule has 20 heavy (non-hydrogen) atoms. The lowest BCUT2D eigenvalue weighted by atomic mass is 10.1. The van der Waals surface area contributed by atoms with E-state index in [1.807, 2.05) is 19.2 Å². The maximum absolute atomic E-state index is 10.9. The molecule has 1 unspecified atom stereocenters. The van der Waals surface area contributed by atoms with Crippen LogP contribution in [0, 0.1) is 10.1 Å². The Hall–Kier alpha value is -1.85. The van der Waals surface area contributed by atoms with E-state index in [-0.39, 0.29) is 16.8 Å². The zero-order valence-electron chi connectivity index (χ0n) is 11.2. The van der Waals surface area contributed by atoms with Crippen molar-refractivity contribution in [1.29, 1.82) is 0 Å². The summed E-state index contributed by atoms with van der Waals surface area (Å²) < 4.78 is 5.76. The highest BCUT2D eigenvalue weighted by atomic mass is 35.5. The van der Waals surface area contributed by atoms with Crippen LogP contribution >= 0.6 is 11.6 Å². The van der Waals surface area contributed by atoms with Crippen molar-refractivity contribution in [1.82, 2.24) is 5.32 Å². The molecule has 1 aromatic carbocycles. The van der Waals surface area contributed by atoms with E-state index in [1.54, 1.807) is 6.07 Å². The van der Waals surface area contributed by atoms with E-state index in [2.05, 4.69) is 12.2 Å². The lowest BCUT2D eigenvalue weighted by molar-refractivity contribution is -0.384. The molecule has 0 amide bonds. The molecule has 5 nitrogen and oxygen atoms in total. The average Bonchev–Trinajstić information content (AvgIpc) is 2.90. The molecule has 2 aromatic rings. The third kappa shape index (κ3) is 2.84. The van der Waals surface area contributed by atoms with Gasteiger partial charge in [0.2, 0.25) is 0 Å². The predicted molar refractivity (Wildman–Crippen MR) is 77.9 cm³/mol. The summed E-state index contributed by atoms with van der Waals surface area (Å²) in [7, 11) is 1.86. The van der Waals surface area contributed by atoms with Gasteiger partial charge in [0.25, 0.3) is 5.69 Å². The summed E-state index contributed by atoms with van der Waals surface area (Å²) in [5.74, 6) is 1.40. The fourth-order valence-corrected chi connectivity index (χ4v) is 2.24. The number of furan rings is 1. The summed E-state index contributed by atoms with van der Waals surface area (Å²) >= 11 is 5.80. The molecule has 1 heterocycles. The molecule has 0 saturated carbocycles. The lowest BCUT2D eigenvalue weighted by Crippen LogP contribution is -2.14. The highest BCUT2D eigenvalue weighted by Crippen LogP contribution is 2.32. The van der Waals surface area contributed by atoms with Gasteiger partial charge < -0.3 is 9.73 Å². The number of benzene rings is 1. The second-order valence-corrected chi connectivity index (χ2v) is 4.78. The fraction of sp³-hybridized carbons (Fsp3) is 0.286. The van der Waals surface area contributed by atoms with E-state index in [9.17, 15) is 10.1 Å². The second-order valence-electron chi connectivity index (χ2n) is 4.37. The molecule has 0 aliphatic rings. The van der Waals surface area contributed by atoms with Crippen LogP contribution in [0.1, 0.15) is 25.1 Å². The zero-order chi connectivity index (χ0) is 14.7. The molecule has 106 valence electrons. The van der Waals surface area contributed by atoms with Gasteiger partial charge in [-0.2, -0.15) is 0 Å². The first kappa shape index (κ1) is 14.6. The Kier molecular flexibility index (Phi) is 4.42. The summed E-state index contributed by atoms with van der Waals surface area (Å²) in [5, 5.41) is 14.2. The van der Waals surface area contributed by atoms with E-state index >= 15 is 0 Å². The van der Waals surface area contributed by atoms with Crippen molar-refractivity contribution in [2.75, 3.05) is 7.05 Å². The third-order valence-corrected chi connectivity index (χ3v) is 3.47. The SMILES string of the molecule is CCC(NC)c1ccc(-c2ccc(Cl)c([N+](=O)[O-])c2)o1. The van der Waals surface area contributed by atoms with Crippen molar-refractivity contribution >= 4 is 17.3 Å². The molecule has 0 radical (unpaired) electrons. The van der Waals surface area contributed by atoms with Gasteiger partial charge in [-0.05, 0) is 37.7 Å². The topological polar surface area (TPSA) is 68.3 Å². The van der Waals surface area contributed by atoms with Crippen LogP contribution in [0.15, 0.2) is 34.7 Å².